The highest BCUT2D eigenvalue weighted by Crippen LogP contribution is 2.45. The van der Waals surface area contributed by atoms with Crippen LogP contribution in [-0.4, -0.2) is 27.5 Å². The molecule has 7 heteroatoms. The second-order valence-corrected chi connectivity index (χ2v) is 7.84. The standard InChI is InChI=1S/C21H20N4O3/c1-11-6-12(4-5-22-11)17-9-24-19(28-17)18-13(10-27-18)15-7-16-14(8-23-15)21(2,3)20(26)25-16/h4-9,13,18H,10H2,1-3H3,(H,25,26). The van der Waals surface area contributed by atoms with E-state index in [1.165, 1.54) is 0 Å². The molecule has 0 aromatic carbocycles. The molecule has 1 saturated heterocycles. The average molecular weight is 376 g/mol. The lowest BCUT2D eigenvalue weighted by Crippen LogP contribution is -2.31. The number of ether oxygens (including phenoxy) is 1. The predicted octanol–water partition coefficient (Wildman–Crippen LogP) is 3.52. The van der Waals surface area contributed by atoms with E-state index < -0.39 is 5.41 Å². The van der Waals surface area contributed by atoms with E-state index in [1.807, 2.05) is 39.0 Å². The molecule has 3 aromatic rings. The van der Waals surface area contributed by atoms with Gasteiger partial charge in [-0.25, -0.2) is 4.98 Å². The normalized spacial score (nSPS) is 22.5. The Labute approximate surface area is 162 Å². The Hall–Kier alpha value is -3.06. The summed E-state index contributed by atoms with van der Waals surface area (Å²) in [7, 11) is 0. The number of anilines is 1. The first-order valence-electron chi connectivity index (χ1n) is 9.26. The summed E-state index contributed by atoms with van der Waals surface area (Å²) < 4.78 is 11.7. The smallest absolute Gasteiger partial charge is 0.234 e. The van der Waals surface area contributed by atoms with E-state index in [4.69, 9.17) is 9.15 Å². The van der Waals surface area contributed by atoms with Crippen LogP contribution in [0.2, 0.25) is 0 Å². The van der Waals surface area contributed by atoms with Crippen molar-refractivity contribution in [3.05, 3.63) is 59.6 Å². The molecule has 0 spiro atoms. The quantitative estimate of drug-likeness (QED) is 0.752. The van der Waals surface area contributed by atoms with Crippen LogP contribution < -0.4 is 5.32 Å². The molecule has 5 heterocycles. The molecule has 5 rings (SSSR count). The third kappa shape index (κ3) is 2.54. The van der Waals surface area contributed by atoms with Crippen LogP contribution in [0.25, 0.3) is 11.3 Å². The Morgan fingerprint density at radius 2 is 2.04 bits per heavy atom. The zero-order valence-electron chi connectivity index (χ0n) is 15.9. The number of hydrogen-bond donors (Lipinski definition) is 1. The molecule has 0 radical (unpaired) electrons. The minimum Gasteiger partial charge on any atom is -0.438 e. The Balaban J connectivity index is 1.41. The molecule has 3 aromatic heterocycles. The lowest BCUT2D eigenvalue weighted by Gasteiger charge is -2.34. The number of fused-ring (bicyclic) bond motifs is 1. The summed E-state index contributed by atoms with van der Waals surface area (Å²) >= 11 is 0. The van der Waals surface area contributed by atoms with E-state index in [0.29, 0.717) is 18.3 Å². The summed E-state index contributed by atoms with van der Waals surface area (Å²) in [6, 6.07) is 5.79. The van der Waals surface area contributed by atoms with E-state index in [1.54, 1.807) is 18.6 Å². The van der Waals surface area contributed by atoms with Crippen molar-refractivity contribution in [3.63, 3.8) is 0 Å². The summed E-state index contributed by atoms with van der Waals surface area (Å²) in [4.78, 5) is 25.4. The van der Waals surface area contributed by atoms with E-state index in [9.17, 15) is 4.79 Å². The monoisotopic (exact) mass is 376 g/mol. The van der Waals surface area contributed by atoms with E-state index >= 15 is 0 Å². The van der Waals surface area contributed by atoms with Gasteiger partial charge in [-0.3, -0.25) is 14.8 Å². The Morgan fingerprint density at radius 1 is 1.18 bits per heavy atom. The van der Waals surface area contributed by atoms with Crippen molar-refractivity contribution < 1.29 is 13.9 Å². The largest absolute Gasteiger partial charge is 0.438 e. The van der Waals surface area contributed by atoms with E-state index in [-0.39, 0.29) is 17.9 Å². The molecule has 2 atom stereocenters. The molecule has 0 bridgehead atoms. The number of aryl methyl sites for hydroxylation is 1. The summed E-state index contributed by atoms with van der Waals surface area (Å²) in [6.45, 7) is 6.28. The molecule has 28 heavy (non-hydrogen) atoms. The first-order chi connectivity index (χ1) is 13.4. The molecule has 7 nitrogen and oxygen atoms in total. The van der Waals surface area contributed by atoms with Gasteiger partial charge in [0, 0.05) is 34.9 Å². The fraction of sp³-hybridized carbons (Fsp3) is 0.333. The van der Waals surface area contributed by atoms with Gasteiger partial charge >= 0.3 is 0 Å². The topological polar surface area (TPSA) is 90.1 Å². The number of oxazole rings is 1. The molecule has 2 unspecified atom stereocenters. The van der Waals surface area contributed by atoms with Crippen LogP contribution in [0.1, 0.15) is 48.7 Å². The third-order valence-corrected chi connectivity index (χ3v) is 5.56. The van der Waals surface area contributed by atoms with Gasteiger partial charge in [-0.05, 0) is 39.0 Å². The summed E-state index contributed by atoms with van der Waals surface area (Å²) in [5.41, 5.74) is 3.91. The highest BCUT2D eigenvalue weighted by atomic mass is 16.5. The van der Waals surface area contributed by atoms with Gasteiger partial charge in [0.2, 0.25) is 11.8 Å². The number of carbonyl (C=O) groups excluding carboxylic acids is 1. The maximum Gasteiger partial charge on any atom is 0.234 e. The van der Waals surface area contributed by atoms with Crippen molar-refractivity contribution in [1.82, 2.24) is 15.0 Å². The van der Waals surface area contributed by atoms with Crippen LogP contribution in [-0.2, 0) is 14.9 Å². The van der Waals surface area contributed by atoms with Crippen LogP contribution in [0.5, 0.6) is 0 Å². The number of amides is 1. The van der Waals surface area contributed by atoms with Crippen molar-refractivity contribution in [2.45, 2.75) is 38.2 Å². The summed E-state index contributed by atoms with van der Waals surface area (Å²) in [5.74, 6) is 1.25. The van der Waals surface area contributed by atoms with Crippen molar-refractivity contribution in [2.24, 2.45) is 0 Å². The SMILES string of the molecule is Cc1cc(-c2cnc(C3OCC3c3cc4c(cn3)C(C)(C)C(=O)N4)o2)ccn1. The van der Waals surface area contributed by atoms with Crippen LogP contribution in [0, 0.1) is 6.92 Å². The van der Waals surface area contributed by atoms with Gasteiger partial charge in [-0.15, -0.1) is 0 Å². The zero-order chi connectivity index (χ0) is 19.5. The minimum atomic E-state index is -0.559. The van der Waals surface area contributed by atoms with Crippen molar-refractivity contribution in [3.8, 4) is 11.3 Å². The molecule has 1 fully saturated rings. The average Bonchev–Trinajstić information content (AvgIpc) is 3.18. The first-order valence-corrected chi connectivity index (χ1v) is 9.26. The van der Waals surface area contributed by atoms with Crippen LogP contribution in [0.15, 0.2) is 41.2 Å². The molecular weight excluding hydrogens is 356 g/mol. The fourth-order valence-corrected chi connectivity index (χ4v) is 3.70. The second-order valence-electron chi connectivity index (χ2n) is 7.84. The molecule has 0 aliphatic carbocycles. The zero-order valence-corrected chi connectivity index (χ0v) is 15.9. The van der Waals surface area contributed by atoms with E-state index in [0.717, 1.165) is 28.2 Å². The summed E-state index contributed by atoms with van der Waals surface area (Å²) in [5, 5.41) is 2.95. The van der Waals surface area contributed by atoms with Gasteiger partial charge in [0.15, 0.2) is 5.76 Å². The Kier molecular flexibility index (Phi) is 3.64. The number of nitrogens with one attached hydrogen (secondary N) is 1. The Bertz CT molecular complexity index is 1090. The summed E-state index contributed by atoms with van der Waals surface area (Å²) in [6.07, 6.45) is 4.97. The van der Waals surface area contributed by atoms with Gasteiger partial charge < -0.3 is 14.5 Å². The van der Waals surface area contributed by atoms with Crippen molar-refractivity contribution >= 4 is 11.6 Å². The predicted molar refractivity (Wildman–Crippen MR) is 102 cm³/mol. The number of nitrogens with zero attached hydrogens (tertiary/aromatic N) is 3. The van der Waals surface area contributed by atoms with Gasteiger partial charge in [0.1, 0.15) is 6.10 Å². The van der Waals surface area contributed by atoms with Crippen LogP contribution in [0.3, 0.4) is 0 Å². The fourth-order valence-electron chi connectivity index (χ4n) is 3.70. The molecule has 0 saturated carbocycles. The van der Waals surface area contributed by atoms with Gasteiger partial charge in [0.05, 0.1) is 29.8 Å². The van der Waals surface area contributed by atoms with Crippen LogP contribution in [0.4, 0.5) is 5.69 Å². The molecule has 1 amide bonds. The second kappa shape index (κ2) is 5.97. The van der Waals surface area contributed by atoms with Gasteiger partial charge in [-0.1, -0.05) is 0 Å². The number of pyridine rings is 2. The number of aromatic nitrogens is 3. The van der Waals surface area contributed by atoms with E-state index in [2.05, 4.69) is 20.3 Å². The molecule has 2 aliphatic heterocycles. The van der Waals surface area contributed by atoms with Crippen LogP contribution >= 0.6 is 0 Å². The highest BCUT2D eigenvalue weighted by Gasteiger charge is 2.42. The molecule has 1 N–H and O–H groups in total. The highest BCUT2D eigenvalue weighted by molar-refractivity contribution is 6.05. The maximum absolute atomic E-state index is 12.2. The molecule has 142 valence electrons. The minimum absolute atomic E-state index is 0.00662. The van der Waals surface area contributed by atoms with Gasteiger partial charge in [0.25, 0.3) is 0 Å². The van der Waals surface area contributed by atoms with Gasteiger partial charge in [-0.2, -0.15) is 0 Å². The Morgan fingerprint density at radius 3 is 2.79 bits per heavy atom. The maximum atomic E-state index is 12.2. The third-order valence-electron chi connectivity index (χ3n) is 5.56. The lowest BCUT2D eigenvalue weighted by atomic mass is 9.86. The number of hydrogen-bond acceptors (Lipinski definition) is 6. The molecule has 2 aliphatic rings. The first kappa shape index (κ1) is 17.1. The number of rotatable bonds is 3. The lowest BCUT2D eigenvalue weighted by molar-refractivity contribution is -0.119. The molecular formula is C21H20N4O3. The van der Waals surface area contributed by atoms with Crippen molar-refractivity contribution in [1.29, 1.82) is 0 Å². The number of carbonyl (C=O) groups is 1. The van der Waals surface area contributed by atoms with Crippen molar-refractivity contribution in [2.75, 3.05) is 11.9 Å².